The molecule has 0 N–H and O–H groups in total. The van der Waals surface area contributed by atoms with Crippen molar-refractivity contribution in [1.82, 2.24) is 0 Å². The van der Waals surface area contributed by atoms with E-state index in [9.17, 15) is 4.79 Å². The van der Waals surface area contributed by atoms with E-state index in [1.54, 1.807) is 0 Å². The summed E-state index contributed by atoms with van der Waals surface area (Å²) in [6.45, 7) is 12.4. The van der Waals surface area contributed by atoms with E-state index in [4.69, 9.17) is 32.7 Å². The number of carbonyl (C=O) groups excluding carboxylic acids is 1. The Morgan fingerprint density at radius 1 is 1.09 bits per heavy atom. The Labute approximate surface area is 223 Å². The summed E-state index contributed by atoms with van der Waals surface area (Å²) >= 11 is 11.1. The molecule has 3 saturated carbocycles. The third kappa shape index (κ3) is 5.62. The van der Waals surface area contributed by atoms with E-state index in [0.717, 1.165) is 61.0 Å². The fourth-order valence-electron chi connectivity index (χ4n) is 9.01. The Hall–Kier alpha value is -0.670. The third-order valence-corrected chi connectivity index (χ3v) is 10.9. The molecule has 0 aromatic carbocycles. The highest BCUT2D eigenvalue weighted by molar-refractivity contribution is 6.55. The fraction of sp³-hybridized carbons (Fsp3) is 0.833. The van der Waals surface area contributed by atoms with Crippen LogP contribution < -0.4 is 0 Å². The zero-order chi connectivity index (χ0) is 25.4. The van der Waals surface area contributed by atoms with E-state index in [0.29, 0.717) is 5.41 Å². The van der Waals surface area contributed by atoms with E-state index in [1.807, 2.05) is 0 Å². The molecule has 0 aromatic rings. The van der Waals surface area contributed by atoms with Gasteiger partial charge in [0.25, 0.3) is 0 Å². The molecule has 0 aromatic heterocycles. The second kappa shape index (κ2) is 11.0. The zero-order valence-corrected chi connectivity index (χ0v) is 24.0. The molecule has 0 bridgehead atoms. The topological polar surface area (TPSA) is 35.5 Å². The van der Waals surface area contributed by atoms with Crippen molar-refractivity contribution in [3.05, 3.63) is 22.4 Å². The first-order chi connectivity index (χ1) is 16.5. The van der Waals surface area contributed by atoms with Gasteiger partial charge in [-0.15, -0.1) is 0 Å². The predicted molar refractivity (Wildman–Crippen MR) is 144 cm³/mol. The van der Waals surface area contributed by atoms with Gasteiger partial charge in [-0.25, -0.2) is 4.79 Å². The molecule has 4 rings (SSSR count). The Kier molecular flexibility index (Phi) is 8.58. The van der Waals surface area contributed by atoms with Crippen LogP contribution in [0.3, 0.4) is 0 Å². The van der Waals surface area contributed by atoms with Crippen LogP contribution in [0.25, 0.3) is 0 Å². The number of halogens is 2. The number of fused-ring (bicyclic) bond motifs is 5. The Morgan fingerprint density at radius 2 is 1.86 bits per heavy atom. The quantitative estimate of drug-likeness (QED) is 0.188. The molecule has 0 unspecified atom stereocenters. The number of hydrogen-bond donors (Lipinski definition) is 0. The molecule has 4 aliphatic rings. The molecule has 8 atom stereocenters. The van der Waals surface area contributed by atoms with Crippen LogP contribution in [0.5, 0.6) is 0 Å². The van der Waals surface area contributed by atoms with Crippen molar-refractivity contribution >= 4 is 29.4 Å². The maximum atomic E-state index is 12.0. The maximum Gasteiger partial charge on any atom is 0.513 e. The van der Waals surface area contributed by atoms with Crippen molar-refractivity contribution in [2.75, 3.05) is 0 Å². The Balaban J connectivity index is 1.41. The SMILES string of the molecule is CC(C)CCC[C@@H](C)[C@H]1CC[C@H]2[C@@H]3CC=C4C[C@@H](OC(=O)OC=C(Cl)Cl)CC[C@]4(C)[C@H]3CC[C@]12C. The summed E-state index contributed by atoms with van der Waals surface area (Å²) in [5.41, 5.74) is 2.27. The fourth-order valence-corrected chi connectivity index (χ4v) is 9.10. The van der Waals surface area contributed by atoms with Crippen LogP contribution in [0.15, 0.2) is 22.4 Å². The van der Waals surface area contributed by atoms with E-state index < -0.39 is 6.16 Å². The first-order valence-electron chi connectivity index (χ1n) is 14.1. The molecule has 0 heterocycles. The number of rotatable bonds is 7. The van der Waals surface area contributed by atoms with Crippen molar-refractivity contribution < 1.29 is 14.3 Å². The van der Waals surface area contributed by atoms with Crippen LogP contribution in [-0.4, -0.2) is 12.3 Å². The molecular formula is C30H46Cl2O3. The third-order valence-electron chi connectivity index (χ3n) is 10.8. The maximum absolute atomic E-state index is 12.0. The lowest BCUT2D eigenvalue weighted by Gasteiger charge is -2.58. The highest BCUT2D eigenvalue weighted by Gasteiger charge is 2.59. The lowest BCUT2D eigenvalue weighted by molar-refractivity contribution is -0.0603. The van der Waals surface area contributed by atoms with Crippen molar-refractivity contribution in [3.8, 4) is 0 Å². The summed E-state index contributed by atoms with van der Waals surface area (Å²) in [4.78, 5) is 12.0. The Morgan fingerprint density at radius 3 is 2.57 bits per heavy atom. The number of hydrogen-bond acceptors (Lipinski definition) is 3. The lowest BCUT2D eigenvalue weighted by atomic mass is 9.47. The van der Waals surface area contributed by atoms with E-state index in [-0.39, 0.29) is 16.0 Å². The summed E-state index contributed by atoms with van der Waals surface area (Å²) in [6.07, 6.45) is 16.4. The highest BCUT2D eigenvalue weighted by atomic mass is 35.5. The largest absolute Gasteiger partial charge is 0.513 e. The number of allylic oxidation sites excluding steroid dienone is 1. The van der Waals surface area contributed by atoms with Gasteiger partial charge in [-0.05, 0) is 91.3 Å². The van der Waals surface area contributed by atoms with E-state index in [2.05, 4.69) is 40.7 Å². The standard InChI is InChI=1S/C30H46Cl2O3/c1-19(2)7-6-8-20(3)24-11-12-25-23-10-9-21-17-22(35-28(33)34-18-27(31)32)13-15-29(21,4)26(23)14-16-30(24,25)5/h9,18-20,22-26H,6-8,10-17H2,1-5H3/t20-,22+,23+,24-,25+,26+,29+,30-/m1/s1. The monoisotopic (exact) mass is 524 g/mol. The van der Waals surface area contributed by atoms with Crippen molar-refractivity contribution in [3.63, 3.8) is 0 Å². The van der Waals surface area contributed by atoms with Crippen LogP contribution in [0, 0.1) is 46.3 Å². The molecule has 35 heavy (non-hydrogen) atoms. The minimum Gasteiger partial charge on any atom is -0.430 e. The van der Waals surface area contributed by atoms with Gasteiger partial charge in [0.1, 0.15) is 16.9 Å². The molecule has 0 spiro atoms. The molecule has 3 nitrogen and oxygen atoms in total. The predicted octanol–water partition coefficient (Wildman–Crippen LogP) is 9.83. The molecular weight excluding hydrogens is 479 g/mol. The highest BCUT2D eigenvalue weighted by Crippen LogP contribution is 2.67. The average Bonchev–Trinajstić information content (AvgIpc) is 3.15. The summed E-state index contributed by atoms with van der Waals surface area (Å²) in [5, 5.41) is 0. The zero-order valence-electron chi connectivity index (χ0n) is 22.5. The Bertz CT molecular complexity index is 831. The van der Waals surface area contributed by atoms with Gasteiger partial charge in [-0.2, -0.15) is 0 Å². The van der Waals surface area contributed by atoms with Gasteiger partial charge in [0.05, 0.1) is 0 Å². The average molecular weight is 526 g/mol. The van der Waals surface area contributed by atoms with Gasteiger partial charge in [0, 0.05) is 6.42 Å². The summed E-state index contributed by atoms with van der Waals surface area (Å²) in [5.74, 6) is 5.01. The van der Waals surface area contributed by atoms with E-state index in [1.165, 1.54) is 56.9 Å². The summed E-state index contributed by atoms with van der Waals surface area (Å²) < 4.78 is 10.4. The normalized spacial score (nSPS) is 39.1. The molecule has 5 heteroatoms. The van der Waals surface area contributed by atoms with Crippen LogP contribution in [0.1, 0.15) is 105 Å². The summed E-state index contributed by atoms with van der Waals surface area (Å²) in [6, 6.07) is 0. The van der Waals surface area contributed by atoms with Crippen molar-refractivity contribution in [1.29, 1.82) is 0 Å². The lowest BCUT2D eigenvalue weighted by Crippen LogP contribution is -2.51. The smallest absolute Gasteiger partial charge is 0.430 e. The molecule has 0 radical (unpaired) electrons. The molecule has 198 valence electrons. The molecule has 0 amide bonds. The minimum atomic E-state index is -0.723. The molecule has 3 fully saturated rings. The van der Waals surface area contributed by atoms with Gasteiger partial charge < -0.3 is 9.47 Å². The van der Waals surface area contributed by atoms with Gasteiger partial charge in [-0.1, -0.05) is 88.7 Å². The second-order valence-electron chi connectivity index (χ2n) is 13.0. The minimum absolute atomic E-state index is 0.0948. The van der Waals surface area contributed by atoms with Crippen LogP contribution in [0.2, 0.25) is 0 Å². The van der Waals surface area contributed by atoms with Gasteiger partial charge in [0.2, 0.25) is 0 Å². The van der Waals surface area contributed by atoms with E-state index >= 15 is 0 Å². The summed E-state index contributed by atoms with van der Waals surface area (Å²) in [7, 11) is 0. The molecule has 0 saturated heterocycles. The molecule has 0 aliphatic heterocycles. The first-order valence-corrected chi connectivity index (χ1v) is 14.9. The van der Waals surface area contributed by atoms with Crippen molar-refractivity contribution in [2.24, 2.45) is 46.3 Å². The van der Waals surface area contributed by atoms with Gasteiger partial charge in [0.15, 0.2) is 0 Å². The van der Waals surface area contributed by atoms with Crippen LogP contribution >= 0.6 is 23.2 Å². The number of carbonyl (C=O) groups is 1. The number of ether oxygens (including phenoxy) is 2. The van der Waals surface area contributed by atoms with Crippen molar-refractivity contribution in [2.45, 2.75) is 111 Å². The first kappa shape index (κ1) is 27.4. The second-order valence-corrected chi connectivity index (χ2v) is 14.1. The van der Waals surface area contributed by atoms with Gasteiger partial charge in [-0.3, -0.25) is 0 Å². The van der Waals surface area contributed by atoms with Crippen LogP contribution in [0.4, 0.5) is 4.79 Å². The van der Waals surface area contributed by atoms with Crippen LogP contribution in [-0.2, 0) is 9.47 Å². The molecule has 4 aliphatic carbocycles. The van der Waals surface area contributed by atoms with Gasteiger partial charge >= 0.3 is 6.16 Å².